The van der Waals surface area contributed by atoms with Crippen molar-refractivity contribution >= 4 is 5.96 Å². The number of guanidine groups is 1. The minimum absolute atomic E-state index is 0.798. The molecule has 0 radical (unpaired) electrons. The number of hydrogen-bond acceptors (Lipinski definition) is 3. The fourth-order valence-electron chi connectivity index (χ4n) is 2.99. The van der Waals surface area contributed by atoms with Gasteiger partial charge in [-0.2, -0.15) is 5.10 Å². The van der Waals surface area contributed by atoms with Gasteiger partial charge in [-0.05, 0) is 51.0 Å². The summed E-state index contributed by atoms with van der Waals surface area (Å²) in [6, 6.07) is 0. The monoisotopic (exact) mass is 335 g/mol. The average molecular weight is 335 g/mol. The average Bonchev–Trinajstić information content (AvgIpc) is 3.01. The smallest absolute Gasteiger partial charge is 0.193 e. The highest BCUT2D eigenvalue weighted by atomic mass is 16.5. The van der Waals surface area contributed by atoms with Crippen LogP contribution < -0.4 is 5.32 Å². The molecule has 0 atom stereocenters. The Bertz CT molecular complexity index is 493. The number of aryl methyl sites for hydroxylation is 2. The van der Waals surface area contributed by atoms with E-state index in [-0.39, 0.29) is 0 Å². The van der Waals surface area contributed by atoms with Gasteiger partial charge in [0.25, 0.3) is 0 Å². The van der Waals surface area contributed by atoms with Crippen LogP contribution in [0, 0.1) is 12.8 Å². The molecule has 2 heterocycles. The predicted molar refractivity (Wildman–Crippen MR) is 98.3 cm³/mol. The molecule has 0 aromatic carbocycles. The largest absolute Gasteiger partial charge is 0.381 e. The van der Waals surface area contributed by atoms with Crippen LogP contribution in [0.2, 0.25) is 0 Å². The van der Waals surface area contributed by atoms with Gasteiger partial charge in [-0.1, -0.05) is 0 Å². The predicted octanol–water partition coefficient (Wildman–Crippen LogP) is 2.30. The van der Waals surface area contributed by atoms with Crippen molar-refractivity contribution in [2.24, 2.45) is 10.9 Å². The SMILES string of the molecule is CCNC(=NCCCn1cc(C)cn1)N(C)CCC1CCOCC1. The zero-order valence-corrected chi connectivity index (χ0v) is 15.5. The van der Waals surface area contributed by atoms with Crippen LogP contribution in [0.15, 0.2) is 17.4 Å². The van der Waals surface area contributed by atoms with Gasteiger partial charge in [-0.15, -0.1) is 0 Å². The van der Waals surface area contributed by atoms with Crippen LogP contribution in [0.25, 0.3) is 0 Å². The Morgan fingerprint density at radius 2 is 2.25 bits per heavy atom. The van der Waals surface area contributed by atoms with Crippen LogP contribution >= 0.6 is 0 Å². The second-order valence-corrected chi connectivity index (χ2v) is 6.64. The van der Waals surface area contributed by atoms with E-state index in [2.05, 4.69) is 42.4 Å². The fourth-order valence-corrected chi connectivity index (χ4v) is 2.99. The molecular formula is C18H33N5O. The van der Waals surface area contributed by atoms with Gasteiger partial charge in [0.2, 0.25) is 0 Å². The summed E-state index contributed by atoms with van der Waals surface area (Å²) in [5, 5.41) is 7.72. The van der Waals surface area contributed by atoms with Crippen molar-refractivity contribution < 1.29 is 4.74 Å². The van der Waals surface area contributed by atoms with E-state index in [1.54, 1.807) is 0 Å². The molecule has 1 aromatic heterocycles. The Morgan fingerprint density at radius 3 is 2.92 bits per heavy atom. The maximum absolute atomic E-state index is 5.44. The highest BCUT2D eigenvalue weighted by molar-refractivity contribution is 5.79. The molecule has 136 valence electrons. The first-order valence-electron chi connectivity index (χ1n) is 9.25. The lowest BCUT2D eigenvalue weighted by molar-refractivity contribution is 0.0625. The van der Waals surface area contributed by atoms with Gasteiger partial charge >= 0.3 is 0 Å². The van der Waals surface area contributed by atoms with Crippen LogP contribution in [0.3, 0.4) is 0 Å². The topological polar surface area (TPSA) is 54.7 Å². The Morgan fingerprint density at radius 1 is 1.46 bits per heavy atom. The van der Waals surface area contributed by atoms with E-state index in [0.717, 1.165) is 57.7 Å². The third kappa shape index (κ3) is 6.51. The summed E-state index contributed by atoms with van der Waals surface area (Å²) < 4.78 is 7.43. The molecule has 1 fully saturated rings. The maximum atomic E-state index is 5.44. The summed E-state index contributed by atoms with van der Waals surface area (Å²) in [7, 11) is 2.14. The molecule has 0 saturated carbocycles. The number of nitrogens with one attached hydrogen (secondary N) is 1. The van der Waals surface area contributed by atoms with Crippen LogP contribution in [-0.2, 0) is 11.3 Å². The Balaban J connectivity index is 1.73. The number of hydrogen-bond donors (Lipinski definition) is 1. The molecule has 1 aliphatic rings. The van der Waals surface area contributed by atoms with E-state index in [1.807, 2.05) is 10.9 Å². The van der Waals surface area contributed by atoms with Gasteiger partial charge < -0.3 is 15.0 Å². The lowest BCUT2D eigenvalue weighted by Gasteiger charge is -2.26. The van der Waals surface area contributed by atoms with E-state index < -0.39 is 0 Å². The maximum Gasteiger partial charge on any atom is 0.193 e. The first-order chi connectivity index (χ1) is 11.7. The van der Waals surface area contributed by atoms with E-state index in [4.69, 9.17) is 9.73 Å². The van der Waals surface area contributed by atoms with Crippen LogP contribution in [-0.4, -0.2) is 60.5 Å². The summed E-state index contributed by atoms with van der Waals surface area (Å²) in [5.41, 5.74) is 1.21. The van der Waals surface area contributed by atoms with Crippen molar-refractivity contribution in [2.45, 2.75) is 46.1 Å². The molecule has 1 aliphatic heterocycles. The van der Waals surface area contributed by atoms with Crippen molar-refractivity contribution in [3.05, 3.63) is 18.0 Å². The molecule has 24 heavy (non-hydrogen) atoms. The van der Waals surface area contributed by atoms with E-state index in [9.17, 15) is 0 Å². The zero-order chi connectivity index (χ0) is 17.2. The van der Waals surface area contributed by atoms with Crippen LogP contribution in [0.5, 0.6) is 0 Å². The first-order valence-corrected chi connectivity index (χ1v) is 9.25. The fraction of sp³-hybridized carbons (Fsp3) is 0.778. The molecule has 2 rings (SSSR count). The van der Waals surface area contributed by atoms with Gasteiger partial charge in [0.15, 0.2) is 5.96 Å². The summed E-state index contributed by atoms with van der Waals surface area (Å²) in [6.45, 7) is 9.73. The normalized spacial score (nSPS) is 16.4. The van der Waals surface area contributed by atoms with Crippen molar-refractivity contribution in [1.29, 1.82) is 0 Å². The quantitative estimate of drug-likeness (QED) is 0.450. The minimum atomic E-state index is 0.798. The zero-order valence-electron chi connectivity index (χ0n) is 15.5. The van der Waals surface area contributed by atoms with E-state index in [0.29, 0.717) is 0 Å². The number of ether oxygens (including phenoxy) is 1. The molecule has 0 aliphatic carbocycles. The molecule has 1 N–H and O–H groups in total. The highest BCUT2D eigenvalue weighted by Crippen LogP contribution is 2.18. The van der Waals surface area contributed by atoms with Gasteiger partial charge in [0.1, 0.15) is 0 Å². The van der Waals surface area contributed by atoms with Gasteiger partial charge in [0, 0.05) is 52.6 Å². The number of aromatic nitrogens is 2. The van der Waals surface area contributed by atoms with Crippen molar-refractivity contribution in [1.82, 2.24) is 20.0 Å². The molecule has 0 unspecified atom stereocenters. The van der Waals surface area contributed by atoms with E-state index >= 15 is 0 Å². The highest BCUT2D eigenvalue weighted by Gasteiger charge is 2.15. The standard InChI is InChI=1S/C18H33N5O/c1-4-19-18(20-9-5-10-23-15-16(2)14-21-23)22(3)11-6-17-7-12-24-13-8-17/h14-15,17H,4-13H2,1-3H3,(H,19,20). The second kappa shape index (κ2) is 10.3. The van der Waals surface area contributed by atoms with Crippen LogP contribution in [0.1, 0.15) is 38.2 Å². The molecule has 6 heteroatoms. The summed E-state index contributed by atoms with van der Waals surface area (Å²) in [6.07, 6.45) is 8.60. The van der Waals surface area contributed by atoms with Crippen LogP contribution in [0.4, 0.5) is 0 Å². The molecule has 1 aromatic rings. The van der Waals surface area contributed by atoms with Gasteiger partial charge in [-0.25, -0.2) is 0 Å². The van der Waals surface area contributed by atoms with Gasteiger partial charge in [-0.3, -0.25) is 9.67 Å². The number of aliphatic imine (C=N–C) groups is 1. The molecule has 6 nitrogen and oxygen atoms in total. The van der Waals surface area contributed by atoms with Crippen molar-refractivity contribution in [3.8, 4) is 0 Å². The third-order valence-corrected chi connectivity index (χ3v) is 4.48. The second-order valence-electron chi connectivity index (χ2n) is 6.64. The summed E-state index contributed by atoms with van der Waals surface area (Å²) in [4.78, 5) is 7.03. The minimum Gasteiger partial charge on any atom is -0.381 e. The molecule has 1 saturated heterocycles. The van der Waals surface area contributed by atoms with Crippen molar-refractivity contribution in [3.63, 3.8) is 0 Å². The van der Waals surface area contributed by atoms with E-state index in [1.165, 1.54) is 24.8 Å². The summed E-state index contributed by atoms with van der Waals surface area (Å²) >= 11 is 0. The lowest BCUT2D eigenvalue weighted by atomic mass is 9.96. The first kappa shape index (κ1) is 18.8. The Hall–Kier alpha value is -1.56. The third-order valence-electron chi connectivity index (χ3n) is 4.48. The lowest BCUT2D eigenvalue weighted by Crippen LogP contribution is -2.40. The molecule has 0 bridgehead atoms. The molecular weight excluding hydrogens is 302 g/mol. The van der Waals surface area contributed by atoms with Crippen molar-refractivity contribution in [2.75, 3.05) is 39.9 Å². The Labute approximate surface area is 146 Å². The molecule has 0 amide bonds. The number of nitrogens with zero attached hydrogens (tertiary/aromatic N) is 4. The molecule has 0 spiro atoms. The summed E-state index contributed by atoms with van der Waals surface area (Å²) in [5.74, 6) is 1.81. The number of rotatable bonds is 8. The Kier molecular flexibility index (Phi) is 8.08. The van der Waals surface area contributed by atoms with Gasteiger partial charge in [0.05, 0.1) is 6.20 Å².